The molecular formula is C18H17N3O. The van der Waals surface area contributed by atoms with Gasteiger partial charge in [0.1, 0.15) is 0 Å². The number of carbonyl (C=O) groups excluding carboxylic acids is 1. The number of para-hydroxylation sites is 1. The number of nitriles is 1. The SMILES string of the molecule is N#Cc1ccc(NC(=O)CN2CCCc3ccccc32)cc1. The molecule has 0 radical (unpaired) electrons. The highest BCUT2D eigenvalue weighted by Crippen LogP contribution is 2.26. The maximum absolute atomic E-state index is 12.2. The summed E-state index contributed by atoms with van der Waals surface area (Å²) in [5.74, 6) is -0.0404. The molecule has 1 heterocycles. The van der Waals surface area contributed by atoms with E-state index in [9.17, 15) is 4.79 Å². The highest BCUT2D eigenvalue weighted by molar-refractivity contribution is 5.94. The Morgan fingerprint density at radius 2 is 1.95 bits per heavy atom. The van der Waals surface area contributed by atoms with E-state index in [-0.39, 0.29) is 5.91 Å². The van der Waals surface area contributed by atoms with Crippen molar-refractivity contribution >= 4 is 17.3 Å². The largest absolute Gasteiger partial charge is 0.362 e. The standard InChI is InChI=1S/C18H17N3O/c19-12-14-7-9-16(10-8-14)20-18(22)13-21-11-3-5-15-4-1-2-6-17(15)21/h1-2,4,6-10H,3,5,11,13H2,(H,20,22). The number of fused-ring (bicyclic) bond motifs is 1. The first-order valence-corrected chi connectivity index (χ1v) is 7.39. The molecule has 1 N–H and O–H groups in total. The van der Waals surface area contributed by atoms with Gasteiger partial charge in [0, 0.05) is 17.9 Å². The van der Waals surface area contributed by atoms with E-state index in [0.717, 1.165) is 25.1 Å². The van der Waals surface area contributed by atoms with Crippen molar-refractivity contribution in [3.8, 4) is 6.07 Å². The smallest absolute Gasteiger partial charge is 0.243 e. The third-order valence-corrected chi connectivity index (χ3v) is 3.84. The van der Waals surface area contributed by atoms with Gasteiger partial charge in [-0.2, -0.15) is 5.26 Å². The summed E-state index contributed by atoms with van der Waals surface area (Å²) in [5.41, 5.74) is 3.76. The summed E-state index contributed by atoms with van der Waals surface area (Å²) in [7, 11) is 0. The predicted molar refractivity (Wildman–Crippen MR) is 86.8 cm³/mol. The maximum atomic E-state index is 12.2. The van der Waals surface area contributed by atoms with E-state index in [2.05, 4.69) is 28.4 Å². The van der Waals surface area contributed by atoms with E-state index in [1.807, 2.05) is 12.1 Å². The first-order valence-electron chi connectivity index (χ1n) is 7.39. The van der Waals surface area contributed by atoms with Crippen LogP contribution in [0.25, 0.3) is 0 Å². The van der Waals surface area contributed by atoms with Gasteiger partial charge in [-0.15, -0.1) is 0 Å². The Bertz CT molecular complexity index is 716. The lowest BCUT2D eigenvalue weighted by molar-refractivity contribution is -0.115. The molecule has 3 rings (SSSR count). The Morgan fingerprint density at radius 3 is 2.73 bits per heavy atom. The Hall–Kier alpha value is -2.80. The summed E-state index contributed by atoms with van der Waals surface area (Å²) in [6.07, 6.45) is 2.14. The van der Waals surface area contributed by atoms with Gasteiger partial charge in [0.25, 0.3) is 0 Å². The molecule has 2 aromatic rings. The molecule has 1 aliphatic rings. The molecule has 0 saturated carbocycles. The quantitative estimate of drug-likeness (QED) is 0.946. The number of carbonyl (C=O) groups is 1. The minimum absolute atomic E-state index is 0.0404. The molecule has 0 aliphatic carbocycles. The average Bonchev–Trinajstić information content (AvgIpc) is 2.56. The zero-order valence-electron chi connectivity index (χ0n) is 12.2. The van der Waals surface area contributed by atoms with Crippen molar-refractivity contribution in [1.29, 1.82) is 5.26 Å². The Balaban J connectivity index is 1.66. The highest BCUT2D eigenvalue weighted by Gasteiger charge is 2.18. The van der Waals surface area contributed by atoms with E-state index in [0.29, 0.717) is 17.8 Å². The molecular weight excluding hydrogens is 274 g/mol. The molecule has 0 fully saturated rings. The van der Waals surface area contributed by atoms with Crippen molar-refractivity contribution in [3.63, 3.8) is 0 Å². The summed E-state index contributed by atoms with van der Waals surface area (Å²) in [4.78, 5) is 14.3. The van der Waals surface area contributed by atoms with E-state index >= 15 is 0 Å². The van der Waals surface area contributed by atoms with E-state index in [4.69, 9.17) is 5.26 Å². The lowest BCUT2D eigenvalue weighted by Gasteiger charge is -2.30. The first-order chi connectivity index (χ1) is 10.8. The van der Waals surface area contributed by atoms with E-state index in [1.165, 1.54) is 5.56 Å². The van der Waals surface area contributed by atoms with Crippen molar-refractivity contribution in [2.75, 3.05) is 23.3 Å². The third kappa shape index (κ3) is 3.09. The molecule has 1 aliphatic heterocycles. The van der Waals surface area contributed by atoms with Crippen LogP contribution in [0.5, 0.6) is 0 Å². The molecule has 4 heteroatoms. The lowest BCUT2D eigenvalue weighted by atomic mass is 10.0. The summed E-state index contributed by atoms with van der Waals surface area (Å²) in [6.45, 7) is 1.24. The number of nitrogens with zero attached hydrogens (tertiary/aromatic N) is 2. The molecule has 0 bridgehead atoms. The number of hydrogen-bond acceptors (Lipinski definition) is 3. The number of amides is 1. The third-order valence-electron chi connectivity index (χ3n) is 3.84. The summed E-state index contributed by atoms with van der Waals surface area (Å²) < 4.78 is 0. The summed E-state index contributed by atoms with van der Waals surface area (Å²) >= 11 is 0. The van der Waals surface area contributed by atoms with Gasteiger partial charge in [-0.25, -0.2) is 0 Å². The molecule has 0 unspecified atom stereocenters. The Labute approximate surface area is 130 Å². The topological polar surface area (TPSA) is 56.1 Å². The number of rotatable bonds is 3. The van der Waals surface area contributed by atoms with Crippen LogP contribution in [0.1, 0.15) is 17.5 Å². The van der Waals surface area contributed by atoms with Crippen LogP contribution in [0.2, 0.25) is 0 Å². The minimum Gasteiger partial charge on any atom is -0.362 e. The van der Waals surface area contributed by atoms with Gasteiger partial charge in [-0.3, -0.25) is 4.79 Å². The fourth-order valence-corrected chi connectivity index (χ4v) is 2.78. The van der Waals surface area contributed by atoms with Crippen molar-refractivity contribution in [1.82, 2.24) is 0 Å². The second-order valence-corrected chi connectivity index (χ2v) is 5.39. The van der Waals surface area contributed by atoms with Crippen LogP contribution in [0, 0.1) is 11.3 Å². The molecule has 110 valence electrons. The molecule has 1 amide bonds. The fourth-order valence-electron chi connectivity index (χ4n) is 2.78. The number of aryl methyl sites for hydroxylation is 1. The van der Waals surface area contributed by atoms with Crippen LogP contribution in [0.4, 0.5) is 11.4 Å². The number of nitrogens with one attached hydrogen (secondary N) is 1. The zero-order valence-corrected chi connectivity index (χ0v) is 12.2. The summed E-state index contributed by atoms with van der Waals surface area (Å²) in [5, 5.41) is 11.7. The Kier molecular flexibility index (Phi) is 4.06. The van der Waals surface area contributed by atoms with Crippen LogP contribution in [-0.4, -0.2) is 19.0 Å². The van der Waals surface area contributed by atoms with Gasteiger partial charge in [-0.05, 0) is 48.7 Å². The van der Waals surface area contributed by atoms with Crippen LogP contribution in [-0.2, 0) is 11.2 Å². The molecule has 22 heavy (non-hydrogen) atoms. The molecule has 4 nitrogen and oxygen atoms in total. The van der Waals surface area contributed by atoms with Crippen molar-refractivity contribution in [3.05, 3.63) is 59.7 Å². The number of hydrogen-bond donors (Lipinski definition) is 1. The van der Waals surface area contributed by atoms with Gasteiger partial charge in [0.15, 0.2) is 0 Å². The first kappa shape index (κ1) is 14.2. The zero-order chi connectivity index (χ0) is 15.4. The Morgan fingerprint density at radius 1 is 1.18 bits per heavy atom. The maximum Gasteiger partial charge on any atom is 0.243 e. The van der Waals surface area contributed by atoms with E-state index in [1.54, 1.807) is 24.3 Å². The number of anilines is 2. The normalized spacial score (nSPS) is 13.1. The van der Waals surface area contributed by atoms with Gasteiger partial charge < -0.3 is 10.2 Å². The van der Waals surface area contributed by atoms with Crippen LogP contribution in [0.3, 0.4) is 0 Å². The fraction of sp³-hybridized carbons (Fsp3) is 0.222. The van der Waals surface area contributed by atoms with Crippen LogP contribution < -0.4 is 10.2 Å². The molecule has 2 aromatic carbocycles. The van der Waals surface area contributed by atoms with Crippen molar-refractivity contribution < 1.29 is 4.79 Å². The predicted octanol–water partition coefficient (Wildman–Crippen LogP) is 2.95. The van der Waals surface area contributed by atoms with E-state index < -0.39 is 0 Å². The van der Waals surface area contributed by atoms with Crippen molar-refractivity contribution in [2.24, 2.45) is 0 Å². The highest BCUT2D eigenvalue weighted by atomic mass is 16.2. The van der Waals surface area contributed by atoms with Gasteiger partial charge in [-0.1, -0.05) is 18.2 Å². The lowest BCUT2D eigenvalue weighted by Crippen LogP contribution is -2.36. The molecule has 0 spiro atoms. The molecule has 0 atom stereocenters. The van der Waals surface area contributed by atoms with Crippen LogP contribution >= 0.6 is 0 Å². The van der Waals surface area contributed by atoms with Gasteiger partial charge in [0.2, 0.25) is 5.91 Å². The monoisotopic (exact) mass is 291 g/mol. The van der Waals surface area contributed by atoms with Gasteiger partial charge >= 0.3 is 0 Å². The number of benzene rings is 2. The second kappa shape index (κ2) is 6.31. The average molecular weight is 291 g/mol. The minimum atomic E-state index is -0.0404. The van der Waals surface area contributed by atoms with Gasteiger partial charge in [0.05, 0.1) is 18.2 Å². The molecule has 0 aromatic heterocycles. The summed E-state index contributed by atoms with van der Waals surface area (Å²) in [6, 6.07) is 17.2. The van der Waals surface area contributed by atoms with Crippen molar-refractivity contribution in [2.45, 2.75) is 12.8 Å². The second-order valence-electron chi connectivity index (χ2n) is 5.39. The van der Waals surface area contributed by atoms with Crippen LogP contribution in [0.15, 0.2) is 48.5 Å². The molecule has 0 saturated heterocycles.